The quantitative estimate of drug-likeness (QED) is 0.605. The van der Waals surface area contributed by atoms with Crippen molar-refractivity contribution in [2.45, 2.75) is 6.92 Å². The summed E-state index contributed by atoms with van der Waals surface area (Å²) in [5.74, 6) is -2.19. The van der Waals surface area contributed by atoms with Gasteiger partial charge in [-0.25, -0.2) is 0 Å². The Morgan fingerprint density at radius 1 is 1.40 bits per heavy atom. The van der Waals surface area contributed by atoms with Crippen LogP contribution in [0.5, 0.6) is 0 Å². The highest BCUT2D eigenvalue weighted by Crippen LogP contribution is 2.33. The van der Waals surface area contributed by atoms with Crippen LogP contribution in [0.3, 0.4) is 0 Å². The number of carboxylic acids is 1. The van der Waals surface area contributed by atoms with Gasteiger partial charge in [0, 0.05) is 32.7 Å². The Balaban J connectivity index is 2.38. The average Bonchev–Trinajstić information content (AvgIpc) is 2.60. The number of hydrogen-bond donors (Lipinski definition) is 1. The van der Waals surface area contributed by atoms with Crippen molar-refractivity contribution in [2.24, 2.45) is 5.92 Å². The van der Waals surface area contributed by atoms with Gasteiger partial charge < -0.3 is 19.6 Å². The number of nitro benzene ring substituents is 1. The molecular weight excluding hydrogens is 330 g/mol. The minimum absolute atomic E-state index is 0.0133. The zero-order chi connectivity index (χ0) is 18.6. The van der Waals surface area contributed by atoms with Crippen LogP contribution in [0.1, 0.15) is 17.3 Å². The number of amides is 1. The first kappa shape index (κ1) is 18.7. The van der Waals surface area contributed by atoms with Crippen LogP contribution in [-0.2, 0) is 9.53 Å². The first-order chi connectivity index (χ1) is 11.8. The van der Waals surface area contributed by atoms with E-state index < -0.39 is 22.7 Å². The zero-order valence-electron chi connectivity index (χ0n) is 14.2. The molecule has 0 saturated carbocycles. The SMILES string of the molecule is CC(CN(C)C(=O)c1cccc([N+](=O)[O-])c1N1CCOCC1)C(=O)O. The van der Waals surface area contributed by atoms with Gasteiger partial charge in [-0.2, -0.15) is 0 Å². The molecule has 1 N–H and O–H groups in total. The van der Waals surface area contributed by atoms with Crippen molar-refractivity contribution >= 4 is 23.3 Å². The van der Waals surface area contributed by atoms with Crippen LogP contribution >= 0.6 is 0 Å². The van der Waals surface area contributed by atoms with Crippen LogP contribution in [-0.4, -0.2) is 66.7 Å². The van der Waals surface area contributed by atoms with Gasteiger partial charge >= 0.3 is 5.97 Å². The molecule has 1 aliphatic rings. The van der Waals surface area contributed by atoms with Gasteiger partial charge in [-0.05, 0) is 6.07 Å². The van der Waals surface area contributed by atoms with Crippen molar-refractivity contribution in [1.29, 1.82) is 0 Å². The van der Waals surface area contributed by atoms with E-state index in [-0.39, 0.29) is 23.5 Å². The lowest BCUT2D eigenvalue weighted by Gasteiger charge is -2.30. The zero-order valence-corrected chi connectivity index (χ0v) is 14.2. The molecule has 1 fully saturated rings. The molecule has 1 saturated heterocycles. The van der Waals surface area contributed by atoms with E-state index in [0.717, 1.165) is 0 Å². The molecule has 136 valence electrons. The first-order valence-electron chi connectivity index (χ1n) is 7.91. The Kier molecular flexibility index (Phi) is 5.92. The molecule has 2 rings (SSSR count). The summed E-state index contributed by atoms with van der Waals surface area (Å²) in [6, 6.07) is 4.35. The number of anilines is 1. The summed E-state index contributed by atoms with van der Waals surface area (Å²) in [5.41, 5.74) is 0.305. The van der Waals surface area contributed by atoms with E-state index in [0.29, 0.717) is 26.3 Å². The molecule has 0 radical (unpaired) electrons. The minimum atomic E-state index is -1.01. The van der Waals surface area contributed by atoms with E-state index in [1.807, 2.05) is 0 Å². The van der Waals surface area contributed by atoms with Crippen LogP contribution < -0.4 is 4.90 Å². The molecule has 1 aliphatic heterocycles. The van der Waals surface area contributed by atoms with Gasteiger partial charge in [0.25, 0.3) is 11.6 Å². The van der Waals surface area contributed by atoms with Gasteiger partial charge in [0.1, 0.15) is 5.69 Å². The number of nitrogens with zero attached hydrogens (tertiary/aromatic N) is 3. The van der Waals surface area contributed by atoms with Crippen molar-refractivity contribution in [2.75, 3.05) is 44.8 Å². The number of para-hydroxylation sites is 1. The Labute approximate surface area is 144 Å². The number of carbonyl (C=O) groups excluding carboxylic acids is 1. The van der Waals surface area contributed by atoms with E-state index in [1.165, 1.54) is 37.1 Å². The third-order valence-electron chi connectivity index (χ3n) is 4.09. The van der Waals surface area contributed by atoms with Crippen LogP contribution in [0.25, 0.3) is 0 Å². The number of carbonyl (C=O) groups is 2. The average molecular weight is 351 g/mol. The van der Waals surface area contributed by atoms with E-state index in [9.17, 15) is 19.7 Å². The van der Waals surface area contributed by atoms with Crippen molar-refractivity contribution in [3.05, 3.63) is 33.9 Å². The number of morpholine rings is 1. The van der Waals surface area contributed by atoms with Gasteiger partial charge in [-0.15, -0.1) is 0 Å². The van der Waals surface area contributed by atoms with E-state index in [2.05, 4.69) is 0 Å². The van der Waals surface area contributed by atoms with E-state index in [1.54, 1.807) is 4.90 Å². The number of carboxylic acid groups (broad SMARTS) is 1. The molecule has 1 aromatic rings. The molecule has 25 heavy (non-hydrogen) atoms. The molecule has 1 heterocycles. The summed E-state index contributed by atoms with van der Waals surface area (Å²) < 4.78 is 5.28. The number of nitro groups is 1. The minimum Gasteiger partial charge on any atom is -0.481 e. The Morgan fingerprint density at radius 3 is 2.60 bits per heavy atom. The predicted molar refractivity (Wildman–Crippen MR) is 89.9 cm³/mol. The smallest absolute Gasteiger partial charge is 0.308 e. The largest absolute Gasteiger partial charge is 0.481 e. The summed E-state index contributed by atoms with van der Waals surface area (Å²) in [6.07, 6.45) is 0. The van der Waals surface area contributed by atoms with Crippen molar-refractivity contribution < 1.29 is 24.4 Å². The topological polar surface area (TPSA) is 113 Å². The molecular formula is C16H21N3O6. The number of rotatable bonds is 6. The second kappa shape index (κ2) is 7.93. The van der Waals surface area contributed by atoms with Crippen molar-refractivity contribution in [1.82, 2.24) is 4.90 Å². The lowest BCUT2D eigenvalue weighted by molar-refractivity contribution is -0.384. The van der Waals surface area contributed by atoms with E-state index >= 15 is 0 Å². The van der Waals surface area contributed by atoms with Crippen molar-refractivity contribution in [3.8, 4) is 0 Å². The molecule has 1 atom stereocenters. The first-order valence-corrected chi connectivity index (χ1v) is 7.91. The third-order valence-corrected chi connectivity index (χ3v) is 4.09. The van der Waals surface area contributed by atoms with Crippen LogP contribution in [0.4, 0.5) is 11.4 Å². The molecule has 9 heteroatoms. The van der Waals surface area contributed by atoms with Crippen LogP contribution in [0.2, 0.25) is 0 Å². The van der Waals surface area contributed by atoms with E-state index in [4.69, 9.17) is 9.84 Å². The summed E-state index contributed by atoms with van der Waals surface area (Å²) in [7, 11) is 1.49. The molecule has 0 aliphatic carbocycles. The molecule has 9 nitrogen and oxygen atoms in total. The summed E-state index contributed by atoms with van der Waals surface area (Å²) >= 11 is 0. The standard InChI is InChI=1S/C16H21N3O6/c1-11(16(21)22)10-17(2)15(20)12-4-3-5-13(19(23)24)14(12)18-6-8-25-9-7-18/h3-5,11H,6-10H2,1-2H3,(H,21,22). The molecule has 0 bridgehead atoms. The van der Waals surface area contributed by atoms with Crippen molar-refractivity contribution in [3.63, 3.8) is 0 Å². The third kappa shape index (κ3) is 4.24. The van der Waals surface area contributed by atoms with Gasteiger partial charge in [0.05, 0.1) is 29.6 Å². The molecule has 1 amide bonds. The summed E-state index contributed by atoms with van der Waals surface area (Å²) in [4.78, 5) is 37.8. The number of benzene rings is 1. The lowest BCUT2D eigenvalue weighted by atomic mass is 10.1. The highest BCUT2D eigenvalue weighted by atomic mass is 16.6. The second-order valence-corrected chi connectivity index (χ2v) is 5.95. The fraction of sp³-hybridized carbons (Fsp3) is 0.500. The lowest BCUT2D eigenvalue weighted by Crippen LogP contribution is -2.39. The molecule has 1 aromatic carbocycles. The second-order valence-electron chi connectivity index (χ2n) is 5.95. The maximum absolute atomic E-state index is 12.8. The van der Waals surface area contributed by atoms with Crippen LogP contribution in [0.15, 0.2) is 18.2 Å². The molecule has 0 aromatic heterocycles. The number of ether oxygens (including phenoxy) is 1. The summed E-state index contributed by atoms with van der Waals surface area (Å²) in [6.45, 7) is 3.25. The summed E-state index contributed by atoms with van der Waals surface area (Å²) in [5, 5.41) is 20.4. The van der Waals surface area contributed by atoms with Crippen LogP contribution in [0, 0.1) is 16.0 Å². The number of hydrogen-bond acceptors (Lipinski definition) is 6. The highest BCUT2D eigenvalue weighted by Gasteiger charge is 2.29. The monoisotopic (exact) mass is 351 g/mol. The van der Waals surface area contributed by atoms with Gasteiger partial charge in [-0.3, -0.25) is 19.7 Å². The Morgan fingerprint density at radius 2 is 2.04 bits per heavy atom. The van der Waals surface area contributed by atoms with Gasteiger partial charge in [0.2, 0.25) is 0 Å². The fourth-order valence-corrected chi connectivity index (χ4v) is 2.75. The van der Waals surface area contributed by atoms with Gasteiger partial charge in [0.15, 0.2) is 0 Å². The fourth-order valence-electron chi connectivity index (χ4n) is 2.75. The molecule has 1 unspecified atom stereocenters. The Bertz CT molecular complexity index is 672. The predicted octanol–water partition coefficient (Wildman–Crippen LogP) is 1.22. The Hall–Kier alpha value is -2.68. The number of aliphatic carboxylic acids is 1. The maximum Gasteiger partial charge on any atom is 0.308 e. The maximum atomic E-state index is 12.8. The highest BCUT2D eigenvalue weighted by molar-refractivity contribution is 6.02. The van der Waals surface area contributed by atoms with Gasteiger partial charge in [-0.1, -0.05) is 13.0 Å². The normalized spacial score (nSPS) is 15.5. The molecule has 0 spiro atoms.